The van der Waals surface area contributed by atoms with Crippen LogP contribution in [0.25, 0.3) is 0 Å². The van der Waals surface area contributed by atoms with Crippen LogP contribution in [0.1, 0.15) is 25.8 Å². The van der Waals surface area contributed by atoms with Crippen molar-refractivity contribution in [3.63, 3.8) is 0 Å². The molecule has 0 aliphatic carbocycles. The smallest absolute Gasteiger partial charge is 0.126 e. The van der Waals surface area contributed by atoms with E-state index in [-0.39, 0.29) is 11.9 Å². The highest BCUT2D eigenvalue weighted by Crippen LogP contribution is 2.16. The Morgan fingerprint density at radius 2 is 2.19 bits per heavy atom. The topological polar surface area (TPSA) is 21.3 Å². The van der Waals surface area contributed by atoms with Crippen LogP contribution in [-0.2, 0) is 0 Å². The molecule has 90 valence electrons. The lowest BCUT2D eigenvalue weighted by molar-refractivity contribution is 0.217. The first-order chi connectivity index (χ1) is 7.63. The van der Waals surface area contributed by atoms with Crippen LogP contribution < -0.4 is 10.1 Å². The fraction of sp³-hybridized carbons (Fsp3) is 0.538. The maximum Gasteiger partial charge on any atom is 0.126 e. The Balaban J connectivity index is 2.43. The standard InChI is InChI=1S/C13H20FNO/c1-4-7-15-9-11(3)16-12-5-6-13(14)10(2)8-12/h5-6,8,11,15H,4,7,9H2,1-3H3. The third-order valence-electron chi connectivity index (χ3n) is 2.33. The molecule has 0 radical (unpaired) electrons. The van der Waals surface area contributed by atoms with Gasteiger partial charge in [0.05, 0.1) is 0 Å². The van der Waals surface area contributed by atoms with E-state index in [0.29, 0.717) is 5.56 Å². The van der Waals surface area contributed by atoms with Crippen LogP contribution in [0.15, 0.2) is 18.2 Å². The molecule has 0 saturated heterocycles. The zero-order valence-electron chi connectivity index (χ0n) is 10.2. The number of hydrogen-bond donors (Lipinski definition) is 1. The van der Waals surface area contributed by atoms with Gasteiger partial charge in [-0.05, 0) is 50.6 Å². The van der Waals surface area contributed by atoms with Gasteiger partial charge in [-0.2, -0.15) is 0 Å². The van der Waals surface area contributed by atoms with Crippen LogP contribution in [0.5, 0.6) is 5.75 Å². The normalized spacial score (nSPS) is 12.5. The Kier molecular flexibility index (Phi) is 5.26. The van der Waals surface area contributed by atoms with Crippen LogP contribution in [0.2, 0.25) is 0 Å². The van der Waals surface area contributed by atoms with Crippen LogP contribution >= 0.6 is 0 Å². The van der Waals surface area contributed by atoms with Gasteiger partial charge in [0.15, 0.2) is 0 Å². The van der Waals surface area contributed by atoms with Crippen molar-refractivity contribution in [1.29, 1.82) is 0 Å². The summed E-state index contributed by atoms with van der Waals surface area (Å²) in [5.74, 6) is 0.536. The van der Waals surface area contributed by atoms with Gasteiger partial charge in [0.2, 0.25) is 0 Å². The largest absolute Gasteiger partial charge is 0.489 e. The first-order valence-electron chi connectivity index (χ1n) is 5.77. The van der Waals surface area contributed by atoms with Crippen LogP contribution in [-0.4, -0.2) is 19.2 Å². The molecule has 0 amide bonds. The van der Waals surface area contributed by atoms with Crippen molar-refractivity contribution in [2.75, 3.05) is 13.1 Å². The van der Waals surface area contributed by atoms with Crippen molar-refractivity contribution >= 4 is 0 Å². The minimum Gasteiger partial charge on any atom is -0.489 e. The predicted molar refractivity (Wildman–Crippen MR) is 64.4 cm³/mol. The van der Waals surface area contributed by atoms with E-state index in [9.17, 15) is 4.39 Å². The third-order valence-corrected chi connectivity index (χ3v) is 2.33. The Morgan fingerprint density at radius 3 is 2.81 bits per heavy atom. The molecule has 0 heterocycles. The van der Waals surface area contributed by atoms with Crippen molar-refractivity contribution in [1.82, 2.24) is 5.32 Å². The summed E-state index contributed by atoms with van der Waals surface area (Å²) in [6.45, 7) is 7.67. The van der Waals surface area contributed by atoms with Gasteiger partial charge < -0.3 is 10.1 Å². The summed E-state index contributed by atoms with van der Waals surface area (Å²) in [4.78, 5) is 0. The molecule has 1 rings (SSSR count). The van der Waals surface area contributed by atoms with Crippen molar-refractivity contribution in [2.24, 2.45) is 0 Å². The molecule has 0 spiro atoms. The molecule has 0 aliphatic rings. The van der Waals surface area contributed by atoms with E-state index in [1.807, 2.05) is 6.92 Å². The lowest BCUT2D eigenvalue weighted by Crippen LogP contribution is -2.29. The average Bonchev–Trinajstić information content (AvgIpc) is 2.24. The Bertz CT molecular complexity index is 328. The molecule has 3 heteroatoms. The number of nitrogens with one attached hydrogen (secondary N) is 1. The molecule has 16 heavy (non-hydrogen) atoms. The molecule has 0 fully saturated rings. The third kappa shape index (κ3) is 4.19. The van der Waals surface area contributed by atoms with E-state index < -0.39 is 0 Å². The van der Waals surface area contributed by atoms with Crippen molar-refractivity contribution < 1.29 is 9.13 Å². The average molecular weight is 225 g/mol. The fourth-order valence-electron chi connectivity index (χ4n) is 1.45. The number of hydrogen-bond acceptors (Lipinski definition) is 2. The summed E-state index contributed by atoms with van der Waals surface area (Å²) >= 11 is 0. The van der Waals surface area contributed by atoms with Crippen LogP contribution in [0.3, 0.4) is 0 Å². The molecular weight excluding hydrogens is 205 g/mol. The summed E-state index contributed by atoms with van der Waals surface area (Å²) < 4.78 is 18.7. The number of ether oxygens (including phenoxy) is 1. The zero-order valence-corrected chi connectivity index (χ0v) is 10.2. The van der Waals surface area contributed by atoms with E-state index >= 15 is 0 Å². The van der Waals surface area contributed by atoms with E-state index in [4.69, 9.17) is 4.74 Å². The minimum atomic E-state index is -0.191. The first kappa shape index (κ1) is 13.0. The summed E-state index contributed by atoms with van der Waals surface area (Å²) in [6.07, 6.45) is 1.21. The first-order valence-corrected chi connectivity index (χ1v) is 5.77. The highest BCUT2D eigenvalue weighted by molar-refractivity contribution is 5.28. The Morgan fingerprint density at radius 1 is 1.44 bits per heavy atom. The van der Waals surface area contributed by atoms with E-state index in [1.54, 1.807) is 19.1 Å². The van der Waals surface area contributed by atoms with Gasteiger partial charge in [-0.3, -0.25) is 0 Å². The molecule has 0 aliphatic heterocycles. The fourth-order valence-corrected chi connectivity index (χ4v) is 1.45. The van der Waals surface area contributed by atoms with Gasteiger partial charge in [-0.25, -0.2) is 4.39 Å². The molecule has 0 bridgehead atoms. The van der Waals surface area contributed by atoms with E-state index in [2.05, 4.69) is 12.2 Å². The molecule has 0 aromatic heterocycles. The van der Waals surface area contributed by atoms with Gasteiger partial charge >= 0.3 is 0 Å². The predicted octanol–water partition coefficient (Wildman–Crippen LogP) is 2.90. The molecule has 0 saturated carbocycles. The molecule has 2 nitrogen and oxygen atoms in total. The van der Waals surface area contributed by atoms with Crippen LogP contribution in [0, 0.1) is 12.7 Å². The van der Waals surface area contributed by atoms with Crippen molar-refractivity contribution in [3.8, 4) is 5.75 Å². The van der Waals surface area contributed by atoms with Gasteiger partial charge in [0.25, 0.3) is 0 Å². The molecule has 1 aromatic carbocycles. The Labute approximate surface area is 96.8 Å². The lowest BCUT2D eigenvalue weighted by atomic mass is 10.2. The Hall–Kier alpha value is -1.09. The number of halogens is 1. The van der Waals surface area contributed by atoms with E-state index in [1.165, 1.54) is 6.07 Å². The second-order valence-electron chi connectivity index (χ2n) is 4.04. The van der Waals surface area contributed by atoms with Gasteiger partial charge in [-0.1, -0.05) is 6.92 Å². The highest BCUT2D eigenvalue weighted by atomic mass is 19.1. The minimum absolute atomic E-state index is 0.0939. The van der Waals surface area contributed by atoms with E-state index in [0.717, 1.165) is 25.3 Å². The summed E-state index contributed by atoms with van der Waals surface area (Å²) in [7, 11) is 0. The lowest BCUT2D eigenvalue weighted by Gasteiger charge is -2.15. The molecule has 1 N–H and O–H groups in total. The maximum absolute atomic E-state index is 13.0. The molecule has 1 atom stereocenters. The van der Waals surface area contributed by atoms with Crippen LogP contribution in [0.4, 0.5) is 4.39 Å². The second-order valence-corrected chi connectivity index (χ2v) is 4.04. The van der Waals surface area contributed by atoms with Gasteiger partial charge in [-0.15, -0.1) is 0 Å². The molecular formula is C13H20FNO. The zero-order chi connectivity index (χ0) is 12.0. The maximum atomic E-state index is 13.0. The number of benzene rings is 1. The molecule has 1 unspecified atom stereocenters. The van der Waals surface area contributed by atoms with Crippen molar-refractivity contribution in [2.45, 2.75) is 33.3 Å². The van der Waals surface area contributed by atoms with Gasteiger partial charge in [0, 0.05) is 6.54 Å². The highest BCUT2D eigenvalue weighted by Gasteiger charge is 2.05. The quantitative estimate of drug-likeness (QED) is 0.752. The second kappa shape index (κ2) is 6.48. The SMILES string of the molecule is CCCNCC(C)Oc1ccc(F)c(C)c1. The number of rotatable bonds is 6. The van der Waals surface area contributed by atoms with Gasteiger partial charge in [0.1, 0.15) is 17.7 Å². The summed E-state index contributed by atoms with van der Waals surface area (Å²) in [5, 5.41) is 3.28. The van der Waals surface area contributed by atoms with Crippen molar-refractivity contribution in [3.05, 3.63) is 29.6 Å². The number of aryl methyl sites for hydroxylation is 1. The summed E-state index contributed by atoms with van der Waals surface area (Å²) in [5.41, 5.74) is 0.617. The molecule has 1 aromatic rings. The monoisotopic (exact) mass is 225 g/mol. The summed E-state index contributed by atoms with van der Waals surface area (Å²) in [6, 6.07) is 4.83.